The van der Waals surface area contributed by atoms with Crippen molar-refractivity contribution in [3.8, 4) is 0 Å². The highest BCUT2D eigenvalue weighted by Gasteiger charge is 2.53. The van der Waals surface area contributed by atoms with Gasteiger partial charge in [-0.05, 0) is 57.3 Å². The van der Waals surface area contributed by atoms with Crippen LogP contribution in [-0.4, -0.2) is 22.3 Å². The second-order valence-corrected chi connectivity index (χ2v) is 6.90. The van der Waals surface area contributed by atoms with Crippen LogP contribution in [0.25, 0.3) is 0 Å². The molecule has 20 heavy (non-hydrogen) atoms. The highest BCUT2D eigenvalue weighted by molar-refractivity contribution is 5.76. The Labute approximate surface area is 122 Å². The topological polar surface area (TPSA) is 57.5 Å². The zero-order valence-corrected chi connectivity index (χ0v) is 12.9. The van der Waals surface area contributed by atoms with Crippen molar-refractivity contribution in [1.29, 1.82) is 0 Å². The van der Waals surface area contributed by atoms with Crippen LogP contribution in [0.3, 0.4) is 0 Å². The molecule has 0 aromatic carbocycles. The monoisotopic (exact) mass is 280 g/mol. The van der Waals surface area contributed by atoms with Crippen LogP contribution in [0.4, 0.5) is 0 Å². The fourth-order valence-electron chi connectivity index (χ4n) is 4.47. The summed E-state index contributed by atoms with van der Waals surface area (Å²) in [5, 5.41) is 19.9. The fourth-order valence-corrected chi connectivity index (χ4v) is 4.47. The predicted molar refractivity (Wildman–Crippen MR) is 79.4 cm³/mol. The van der Waals surface area contributed by atoms with Crippen molar-refractivity contribution in [2.24, 2.45) is 23.2 Å². The molecule has 0 bridgehead atoms. The first kappa shape index (κ1) is 15.6. The number of hydrogen-bond acceptors (Lipinski definition) is 2. The molecule has 0 amide bonds. The quantitative estimate of drug-likeness (QED) is 0.773. The third kappa shape index (κ3) is 2.52. The summed E-state index contributed by atoms with van der Waals surface area (Å²) in [5.41, 5.74) is 0.450. The van der Waals surface area contributed by atoms with Crippen LogP contribution in [0, 0.1) is 23.2 Å². The van der Waals surface area contributed by atoms with Gasteiger partial charge < -0.3 is 10.2 Å². The molecule has 2 aliphatic rings. The van der Waals surface area contributed by atoms with Crippen LogP contribution >= 0.6 is 0 Å². The van der Waals surface area contributed by atoms with Crippen LogP contribution in [0.1, 0.15) is 59.3 Å². The third-order valence-electron chi connectivity index (χ3n) is 5.78. The first-order valence-corrected chi connectivity index (χ1v) is 8.01. The Morgan fingerprint density at radius 3 is 2.70 bits per heavy atom. The number of hydrogen-bond donors (Lipinski definition) is 2. The minimum Gasteiger partial charge on any atom is -0.481 e. The zero-order chi connectivity index (χ0) is 14.9. The maximum Gasteiger partial charge on any atom is 0.310 e. The van der Waals surface area contributed by atoms with Gasteiger partial charge in [0, 0.05) is 0 Å². The summed E-state index contributed by atoms with van der Waals surface area (Å²) in [6, 6.07) is 0. The number of aliphatic carboxylic acids is 1. The normalized spacial score (nSPS) is 38.8. The summed E-state index contributed by atoms with van der Waals surface area (Å²) in [6.45, 7) is 5.93. The van der Waals surface area contributed by atoms with Gasteiger partial charge >= 0.3 is 5.97 Å². The molecular weight excluding hydrogens is 252 g/mol. The maximum absolute atomic E-state index is 12.0. The van der Waals surface area contributed by atoms with E-state index in [4.69, 9.17) is 0 Å². The molecular formula is C17H28O3. The van der Waals surface area contributed by atoms with Gasteiger partial charge in [-0.2, -0.15) is 0 Å². The number of aliphatic hydroxyl groups excluding tert-OH is 1. The Morgan fingerprint density at radius 2 is 2.10 bits per heavy atom. The van der Waals surface area contributed by atoms with Crippen molar-refractivity contribution in [2.75, 3.05) is 0 Å². The van der Waals surface area contributed by atoms with E-state index in [1.807, 2.05) is 13.8 Å². The lowest BCUT2D eigenvalue weighted by Gasteiger charge is -2.50. The summed E-state index contributed by atoms with van der Waals surface area (Å²) in [4.78, 5) is 12.0. The second-order valence-electron chi connectivity index (χ2n) is 6.90. The minimum atomic E-state index is -0.722. The molecule has 2 N–H and O–H groups in total. The van der Waals surface area contributed by atoms with Crippen molar-refractivity contribution in [3.05, 3.63) is 11.6 Å². The molecule has 0 radical (unpaired) electrons. The van der Waals surface area contributed by atoms with Crippen LogP contribution in [-0.2, 0) is 4.79 Å². The average molecular weight is 280 g/mol. The highest BCUT2D eigenvalue weighted by Crippen LogP contribution is 2.54. The first-order chi connectivity index (χ1) is 9.41. The molecule has 3 heteroatoms. The number of carboxylic acids is 1. The van der Waals surface area contributed by atoms with Gasteiger partial charge in [-0.1, -0.05) is 31.4 Å². The number of fused-ring (bicyclic) bond motifs is 1. The van der Waals surface area contributed by atoms with Gasteiger partial charge in [-0.3, -0.25) is 4.79 Å². The first-order valence-electron chi connectivity index (χ1n) is 8.01. The maximum atomic E-state index is 12.0. The van der Waals surface area contributed by atoms with Gasteiger partial charge in [-0.15, -0.1) is 0 Å². The van der Waals surface area contributed by atoms with E-state index in [0.29, 0.717) is 18.8 Å². The van der Waals surface area contributed by atoms with E-state index in [-0.39, 0.29) is 11.8 Å². The SMILES string of the molecule is CC[C@@H](O)C[C@@H]1C(C)=C[C@@H]2CCCC[C@@H]2[C@@]1(C)C(=O)O. The minimum absolute atomic E-state index is 0.0331. The summed E-state index contributed by atoms with van der Waals surface area (Å²) >= 11 is 0. The van der Waals surface area contributed by atoms with Crippen LogP contribution < -0.4 is 0 Å². The lowest BCUT2D eigenvalue weighted by molar-refractivity contribution is -0.159. The van der Waals surface area contributed by atoms with E-state index >= 15 is 0 Å². The molecule has 0 spiro atoms. The molecule has 0 saturated heterocycles. The van der Waals surface area contributed by atoms with Crippen LogP contribution in [0.5, 0.6) is 0 Å². The number of aliphatic hydroxyl groups is 1. The molecule has 0 aromatic heterocycles. The lowest BCUT2D eigenvalue weighted by Crippen LogP contribution is -2.50. The van der Waals surface area contributed by atoms with E-state index in [1.165, 1.54) is 12.0 Å². The summed E-state index contributed by atoms with van der Waals surface area (Å²) in [6.07, 6.45) is 7.65. The average Bonchev–Trinajstić information content (AvgIpc) is 2.42. The smallest absolute Gasteiger partial charge is 0.310 e. The van der Waals surface area contributed by atoms with Crippen molar-refractivity contribution in [1.82, 2.24) is 0 Å². The predicted octanol–water partition coefficient (Wildman–Crippen LogP) is 3.62. The fraction of sp³-hybridized carbons (Fsp3) is 0.824. The van der Waals surface area contributed by atoms with Gasteiger partial charge in [0.05, 0.1) is 11.5 Å². The molecule has 0 heterocycles. The largest absolute Gasteiger partial charge is 0.481 e. The summed E-state index contributed by atoms with van der Waals surface area (Å²) in [5.74, 6) is -0.0733. The zero-order valence-electron chi connectivity index (χ0n) is 12.9. The third-order valence-corrected chi connectivity index (χ3v) is 5.78. The molecule has 0 aliphatic heterocycles. The molecule has 2 rings (SSSR count). The van der Waals surface area contributed by atoms with Gasteiger partial charge in [0.25, 0.3) is 0 Å². The Hall–Kier alpha value is -0.830. The summed E-state index contributed by atoms with van der Waals surface area (Å²) in [7, 11) is 0. The Kier molecular flexibility index (Phi) is 4.58. The Morgan fingerprint density at radius 1 is 1.45 bits per heavy atom. The van der Waals surface area contributed by atoms with E-state index in [1.54, 1.807) is 0 Å². The van der Waals surface area contributed by atoms with Crippen LogP contribution in [0.15, 0.2) is 11.6 Å². The molecule has 1 fully saturated rings. The van der Waals surface area contributed by atoms with Gasteiger partial charge in [-0.25, -0.2) is 0 Å². The van der Waals surface area contributed by atoms with E-state index in [9.17, 15) is 15.0 Å². The van der Waals surface area contributed by atoms with E-state index in [2.05, 4.69) is 13.0 Å². The number of carbonyl (C=O) groups is 1. The molecule has 0 aromatic rings. The van der Waals surface area contributed by atoms with Crippen molar-refractivity contribution < 1.29 is 15.0 Å². The number of carboxylic acid groups (broad SMARTS) is 1. The number of rotatable bonds is 4. The molecule has 2 aliphatic carbocycles. The molecule has 3 nitrogen and oxygen atoms in total. The number of allylic oxidation sites excluding steroid dienone is 2. The molecule has 114 valence electrons. The van der Waals surface area contributed by atoms with Crippen molar-refractivity contribution >= 4 is 5.97 Å². The second kappa shape index (κ2) is 5.88. The van der Waals surface area contributed by atoms with E-state index < -0.39 is 17.5 Å². The molecule has 5 atom stereocenters. The highest BCUT2D eigenvalue weighted by atomic mass is 16.4. The Bertz CT molecular complexity index is 401. The van der Waals surface area contributed by atoms with Gasteiger partial charge in [0.2, 0.25) is 0 Å². The lowest BCUT2D eigenvalue weighted by atomic mass is 9.53. The molecule has 1 saturated carbocycles. The van der Waals surface area contributed by atoms with Gasteiger partial charge in [0.1, 0.15) is 0 Å². The summed E-state index contributed by atoms with van der Waals surface area (Å²) < 4.78 is 0. The van der Waals surface area contributed by atoms with Gasteiger partial charge in [0.15, 0.2) is 0 Å². The van der Waals surface area contributed by atoms with Crippen molar-refractivity contribution in [2.45, 2.75) is 65.4 Å². The van der Waals surface area contributed by atoms with E-state index in [0.717, 1.165) is 19.3 Å². The molecule has 0 unspecified atom stereocenters. The van der Waals surface area contributed by atoms with Crippen LogP contribution in [0.2, 0.25) is 0 Å². The standard InChI is InChI=1S/C17H28O3/c1-4-13(18)10-15-11(2)9-12-7-5-6-8-14(12)17(15,3)16(19)20/h9,12-15,18H,4-8,10H2,1-3H3,(H,19,20)/t12-,13+,14-,15+,17+/m0/s1. The Balaban J connectivity index is 2.38. The van der Waals surface area contributed by atoms with Crippen molar-refractivity contribution in [3.63, 3.8) is 0 Å².